The minimum atomic E-state index is -0.957. The highest BCUT2D eigenvalue weighted by Crippen LogP contribution is 2.23. The minimum absolute atomic E-state index is 0.0132. The Balaban J connectivity index is 1.86. The molecule has 5 heteroatoms. The van der Waals surface area contributed by atoms with E-state index < -0.39 is 12.1 Å². The van der Waals surface area contributed by atoms with Gasteiger partial charge in [0.25, 0.3) is 0 Å². The van der Waals surface area contributed by atoms with Crippen LogP contribution in [0.25, 0.3) is 0 Å². The monoisotopic (exact) mass is 384 g/mol. The number of Topliss-reactive ketones (excluding diaryl/α,β-unsaturated/α-hetero) is 1. The van der Waals surface area contributed by atoms with Gasteiger partial charge >= 0.3 is 5.97 Å². The Bertz CT molecular complexity index is 752. The Morgan fingerprint density at radius 2 is 1.57 bits per heavy atom. The molecule has 0 aliphatic heterocycles. The highest BCUT2D eigenvalue weighted by atomic mass is 16.5. The van der Waals surface area contributed by atoms with Gasteiger partial charge in [-0.3, -0.25) is 4.79 Å². The summed E-state index contributed by atoms with van der Waals surface area (Å²) in [7, 11) is 0. The number of hydrogen-bond acceptors (Lipinski definition) is 4. The van der Waals surface area contributed by atoms with Crippen LogP contribution in [-0.4, -0.2) is 36.2 Å². The Morgan fingerprint density at radius 3 is 2.14 bits per heavy atom. The van der Waals surface area contributed by atoms with Gasteiger partial charge in [-0.2, -0.15) is 0 Å². The zero-order valence-electron chi connectivity index (χ0n) is 16.6. The first kappa shape index (κ1) is 21.6. The molecule has 150 valence electrons. The smallest absolute Gasteiger partial charge is 0.335 e. The van der Waals surface area contributed by atoms with Gasteiger partial charge in [-0.25, -0.2) is 4.79 Å². The summed E-state index contributed by atoms with van der Waals surface area (Å²) in [5, 5.41) is 8.99. The Hall–Kier alpha value is -2.66. The van der Waals surface area contributed by atoms with E-state index in [0.717, 1.165) is 11.3 Å². The first-order valence-electron chi connectivity index (χ1n) is 9.54. The zero-order valence-corrected chi connectivity index (χ0v) is 16.6. The van der Waals surface area contributed by atoms with Crippen LogP contribution in [0.4, 0.5) is 0 Å². The van der Waals surface area contributed by atoms with E-state index in [1.165, 1.54) is 0 Å². The molecule has 0 heterocycles. The van der Waals surface area contributed by atoms with Crippen molar-refractivity contribution in [2.24, 2.45) is 5.92 Å². The maximum atomic E-state index is 12.7. The van der Waals surface area contributed by atoms with Crippen molar-refractivity contribution < 1.29 is 24.2 Å². The Kier molecular flexibility index (Phi) is 8.20. The van der Waals surface area contributed by atoms with E-state index in [4.69, 9.17) is 14.6 Å². The molecule has 28 heavy (non-hydrogen) atoms. The number of hydrogen-bond donors (Lipinski definition) is 1. The van der Waals surface area contributed by atoms with E-state index in [0.29, 0.717) is 19.6 Å². The number of rotatable bonds is 11. The summed E-state index contributed by atoms with van der Waals surface area (Å²) in [6.07, 6.45) is -0.144. The standard InChI is InChI=1S/C23H28O5/c1-16(2)22(28-14-13-27-20-7-5-4-6-8-20)21(24)15-17(3)18-9-11-19(12-10-18)23(25)26/h4-12,16-17,22H,13-15H2,1-3H3,(H,25,26). The first-order valence-corrected chi connectivity index (χ1v) is 9.54. The van der Waals surface area contributed by atoms with Gasteiger partial charge < -0.3 is 14.6 Å². The van der Waals surface area contributed by atoms with Crippen LogP contribution < -0.4 is 4.74 Å². The number of carboxylic acid groups (broad SMARTS) is 1. The summed E-state index contributed by atoms with van der Waals surface area (Å²) >= 11 is 0. The van der Waals surface area contributed by atoms with Crippen LogP contribution in [0.5, 0.6) is 5.75 Å². The fourth-order valence-corrected chi connectivity index (χ4v) is 3.00. The van der Waals surface area contributed by atoms with Crippen molar-refractivity contribution in [3.63, 3.8) is 0 Å². The average Bonchev–Trinajstić information content (AvgIpc) is 2.68. The molecule has 2 aromatic carbocycles. The van der Waals surface area contributed by atoms with Crippen LogP contribution in [0.2, 0.25) is 0 Å². The van der Waals surface area contributed by atoms with Crippen molar-refractivity contribution in [1.82, 2.24) is 0 Å². The van der Waals surface area contributed by atoms with Crippen molar-refractivity contribution in [1.29, 1.82) is 0 Å². The second-order valence-electron chi connectivity index (χ2n) is 7.20. The van der Waals surface area contributed by atoms with Crippen LogP contribution in [0, 0.1) is 5.92 Å². The zero-order chi connectivity index (χ0) is 20.5. The molecule has 0 aliphatic rings. The van der Waals surface area contributed by atoms with Gasteiger partial charge in [-0.05, 0) is 41.7 Å². The van der Waals surface area contributed by atoms with Crippen molar-refractivity contribution in [3.8, 4) is 5.75 Å². The lowest BCUT2D eigenvalue weighted by atomic mass is 9.90. The Labute approximate surface area is 166 Å². The van der Waals surface area contributed by atoms with E-state index in [-0.39, 0.29) is 23.2 Å². The maximum absolute atomic E-state index is 12.7. The number of ether oxygens (including phenoxy) is 2. The fourth-order valence-electron chi connectivity index (χ4n) is 3.00. The van der Waals surface area contributed by atoms with E-state index in [9.17, 15) is 9.59 Å². The van der Waals surface area contributed by atoms with Crippen LogP contribution >= 0.6 is 0 Å². The number of para-hydroxylation sites is 1. The molecule has 0 fully saturated rings. The van der Waals surface area contributed by atoms with Crippen LogP contribution in [0.15, 0.2) is 54.6 Å². The van der Waals surface area contributed by atoms with E-state index >= 15 is 0 Å². The molecular weight excluding hydrogens is 356 g/mol. The first-order chi connectivity index (χ1) is 13.4. The molecule has 0 saturated carbocycles. The predicted molar refractivity (Wildman–Crippen MR) is 108 cm³/mol. The van der Waals surface area contributed by atoms with Crippen molar-refractivity contribution in [2.75, 3.05) is 13.2 Å². The molecule has 0 bridgehead atoms. The molecular formula is C23H28O5. The number of carbonyl (C=O) groups is 2. The third-order valence-corrected chi connectivity index (χ3v) is 4.55. The van der Waals surface area contributed by atoms with E-state index in [1.54, 1.807) is 24.3 Å². The highest BCUT2D eigenvalue weighted by molar-refractivity contribution is 5.87. The van der Waals surface area contributed by atoms with Gasteiger partial charge in [-0.1, -0.05) is 51.1 Å². The second-order valence-corrected chi connectivity index (χ2v) is 7.20. The quantitative estimate of drug-likeness (QED) is 0.575. The highest BCUT2D eigenvalue weighted by Gasteiger charge is 2.25. The SMILES string of the molecule is CC(CC(=O)C(OCCOc1ccccc1)C(C)C)c1ccc(C(=O)O)cc1. The summed E-state index contributed by atoms with van der Waals surface area (Å²) in [6.45, 7) is 6.61. The maximum Gasteiger partial charge on any atom is 0.335 e. The molecule has 2 atom stereocenters. The van der Waals surface area contributed by atoms with Gasteiger partial charge in [0, 0.05) is 6.42 Å². The molecule has 2 unspecified atom stereocenters. The number of benzene rings is 2. The lowest BCUT2D eigenvalue weighted by molar-refractivity contribution is -0.134. The molecule has 2 rings (SSSR count). The van der Waals surface area contributed by atoms with Crippen LogP contribution in [0.3, 0.4) is 0 Å². The van der Waals surface area contributed by atoms with E-state index in [2.05, 4.69) is 0 Å². The van der Waals surface area contributed by atoms with Gasteiger partial charge in [0.15, 0.2) is 5.78 Å². The molecule has 1 N–H and O–H groups in total. The summed E-state index contributed by atoms with van der Waals surface area (Å²) in [5.74, 6) is -0.0886. The summed E-state index contributed by atoms with van der Waals surface area (Å²) in [6, 6.07) is 16.1. The predicted octanol–water partition coefficient (Wildman–Crippen LogP) is 4.57. The van der Waals surface area contributed by atoms with Crippen LogP contribution in [-0.2, 0) is 9.53 Å². The Morgan fingerprint density at radius 1 is 0.929 bits per heavy atom. The van der Waals surface area contributed by atoms with Crippen molar-refractivity contribution in [2.45, 2.75) is 39.2 Å². The molecule has 0 saturated heterocycles. The summed E-state index contributed by atoms with van der Waals surface area (Å²) in [5.41, 5.74) is 1.18. The minimum Gasteiger partial charge on any atom is -0.491 e. The fraction of sp³-hybridized carbons (Fsp3) is 0.391. The van der Waals surface area contributed by atoms with E-state index in [1.807, 2.05) is 51.1 Å². The number of carboxylic acids is 1. The summed E-state index contributed by atoms with van der Waals surface area (Å²) < 4.78 is 11.4. The number of carbonyl (C=O) groups excluding carboxylic acids is 1. The average molecular weight is 384 g/mol. The third-order valence-electron chi connectivity index (χ3n) is 4.55. The molecule has 5 nitrogen and oxygen atoms in total. The van der Waals surface area contributed by atoms with Gasteiger partial charge in [0.2, 0.25) is 0 Å². The van der Waals surface area contributed by atoms with Crippen molar-refractivity contribution in [3.05, 3.63) is 65.7 Å². The molecule has 0 radical (unpaired) electrons. The van der Waals surface area contributed by atoms with Gasteiger partial charge in [0.05, 0.1) is 12.2 Å². The topological polar surface area (TPSA) is 72.8 Å². The lowest BCUT2D eigenvalue weighted by Gasteiger charge is -2.22. The third kappa shape index (κ3) is 6.50. The largest absolute Gasteiger partial charge is 0.491 e. The van der Waals surface area contributed by atoms with Gasteiger partial charge in [0.1, 0.15) is 18.5 Å². The number of ketones is 1. The van der Waals surface area contributed by atoms with Crippen LogP contribution in [0.1, 0.15) is 49.0 Å². The normalized spacial score (nSPS) is 13.1. The van der Waals surface area contributed by atoms with Gasteiger partial charge in [-0.15, -0.1) is 0 Å². The number of aromatic carboxylic acids is 1. The molecule has 0 aliphatic carbocycles. The summed E-state index contributed by atoms with van der Waals surface area (Å²) in [4.78, 5) is 23.7. The molecule has 2 aromatic rings. The molecule has 0 spiro atoms. The second kappa shape index (κ2) is 10.6. The lowest BCUT2D eigenvalue weighted by Crippen LogP contribution is -2.32. The van der Waals surface area contributed by atoms with Crippen molar-refractivity contribution >= 4 is 11.8 Å². The molecule has 0 aromatic heterocycles. The molecule has 0 amide bonds.